The molecule has 2 N–H and O–H groups in total. The summed E-state index contributed by atoms with van der Waals surface area (Å²) in [5.41, 5.74) is 8.73. The molecule has 0 radical (unpaired) electrons. The molecule has 0 saturated heterocycles. The van der Waals surface area contributed by atoms with Crippen molar-refractivity contribution in [3.63, 3.8) is 0 Å². The van der Waals surface area contributed by atoms with Crippen LogP contribution in [0, 0.1) is 0 Å². The monoisotopic (exact) mass is 292 g/mol. The highest BCUT2D eigenvalue weighted by atomic mass is 35.5. The summed E-state index contributed by atoms with van der Waals surface area (Å²) in [5.74, 6) is 1.08. The number of rotatable bonds is 4. The van der Waals surface area contributed by atoms with Crippen molar-refractivity contribution >= 4 is 17.4 Å². The van der Waals surface area contributed by atoms with Crippen LogP contribution in [-0.2, 0) is 12.8 Å². The lowest BCUT2D eigenvalue weighted by atomic mass is 10.1. The molecule has 2 heterocycles. The molecular formula is C14H17ClN4O. The Hall–Kier alpha value is -1.88. The molecular weight excluding hydrogens is 276 g/mol. The van der Waals surface area contributed by atoms with E-state index in [1.165, 1.54) is 0 Å². The average Bonchev–Trinajstić information content (AvgIpc) is 2.47. The van der Waals surface area contributed by atoms with Crippen molar-refractivity contribution < 1.29 is 4.74 Å². The summed E-state index contributed by atoms with van der Waals surface area (Å²) in [7, 11) is 1.57. The largest absolute Gasteiger partial charge is 0.495 e. The molecule has 2 aromatic heterocycles. The molecule has 0 bridgehead atoms. The number of hydrogen-bond acceptors (Lipinski definition) is 5. The summed E-state index contributed by atoms with van der Waals surface area (Å²) >= 11 is 6.27. The van der Waals surface area contributed by atoms with E-state index in [1.54, 1.807) is 19.4 Å². The molecule has 20 heavy (non-hydrogen) atoms. The fraction of sp³-hybridized carbons (Fsp3) is 0.357. The van der Waals surface area contributed by atoms with E-state index < -0.39 is 0 Å². The first-order valence-electron chi connectivity index (χ1n) is 6.45. The van der Waals surface area contributed by atoms with Crippen LogP contribution >= 0.6 is 11.6 Å². The van der Waals surface area contributed by atoms with E-state index in [0.29, 0.717) is 40.8 Å². The molecule has 106 valence electrons. The van der Waals surface area contributed by atoms with Gasteiger partial charge < -0.3 is 10.5 Å². The van der Waals surface area contributed by atoms with E-state index in [4.69, 9.17) is 22.1 Å². The van der Waals surface area contributed by atoms with Crippen molar-refractivity contribution in [2.45, 2.75) is 26.7 Å². The highest BCUT2D eigenvalue weighted by Gasteiger charge is 2.16. The summed E-state index contributed by atoms with van der Waals surface area (Å²) in [5, 5.41) is 0.486. The Bertz CT molecular complexity index is 631. The molecule has 2 aromatic rings. The van der Waals surface area contributed by atoms with E-state index in [2.05, 4.69) is 15.0 Å². The summed E-state index contributed by atoms with van der Waals surface area (Å²) in [6, 6.07) is 1.72. The number of aromatic nitrogens is 3. The lowest BCUT2D eigenvalue weighted by Crippen LogP contribution is -2.07. The molecule has 0 atom stereocenters. The maximum absolute atomic E-state index is 6.27. The highest BCUT2D eigenvalue weighted by molar-refractivity contribution is 6.33. The summed E-state index contributed by atoms with van der Waals surface area (Å²) < 4.78 is 5.10. The zero-order valence-corrected chi connectivity index (χ0v) is 12.5. The standard InChI is InChI=1S/C14H17ClN4O/c1-4-10-13(18-11(5-2)14(16)19-10)12-9(15)6-8(20-3)7-17-12/h6-7H,4-5H2,1-3H3,(H2,16,19). The van der Waals surface area contributed by atoms with Crippen molar-refractivity contribution in [1.29, 1.82) is 0 Å². The Labute approximate surface area is 123 Å². The van der Waals surface area contributed by atoms with Crippen molar-refractivity contribution in [2.75, 3.05) is 12.8 Å². The number of nitrogens with zero attached hydrogens (tertiary/aromatic N) is 3. The molecule has 0 unspecified atom stereocenters. The molecule has 0 aliphatic carbocycles. The molecule has 0 fully saturated rings. The second-order valence-corrected chi connectivity index (χ2v) is 4.67. The van der Waals surface area contributed by atoms with Gasteiger partial charge in [0.15, 0.2) is 0 Å². The number of ether oxygens (including phenoxy) is 1. The first-order valence-corrected chi connectivity index (χ1v) is 6.83. The van der Waals surface area contributed by atoms with Gasteiger partial charge in [-0.05, 0) is 12.8 Å². The molecule has 0 aromatic carbocycles. The van der Waals surface area contributed by atoms with Crippen molar-refractivity contribution in [1.82, 2.24) is 15.0 Å². The minimum Gasteiger partial charge on any atom is -0.495 e. The van der Waals surface area contributed by atoms with Crippen LogP contribution in [0.3, 0.4) is 0 Å². The van der Waals surface area contributed by atoms with E-state index in [-0.39, 0.29) is 0 Å². The van der Waals surface area contributed by atoms with Gasteiger partial charge >= 0.3 is 0 Å². The Kier molecular flexibility index (Phi) is 4.39. The second-order valence-electron chi connectivity index (χ2n) is 4.26. The van der Waals surface area contributed by atoms with Crippen LogP contribution in [0.4, 0.5) is 5.82 Å². The second kappa shape index (κ2) is 6.05. The fourth-order valence-electron chi connectivity index (χ4n) is 1.92. The van der Waals surface area contributed by atoms with Gasteiger partial charge in [0.05, 0.1) is 29.7 Å². The van der Waals surface area contributed by atoms with Gasteiger partial charge in [-0.2, -0.15) is 0 Å². The van der Waals surface area contributed by atoms with Gasteiger partial charge in [0.25, 0.3) is 0 Å². The smallest absolute Gasteiger partial charge is 0.145 e. The lowest BCUT2D eigenvalue weighted by Gasteiger charge is -2.11. The van der Waals surface area contributed by atoms with Gasteiger partial charge in [-0.3, -0.25) is 0 Å². The third-order valence-electron chi connectivity index (χ3n) is 3.02. The number of pyridine rings is 1. The number of aryl methyl sites for hydroxylation is 2. The number of halogens is 1. The third-order valence-corrected chi connectivity index (χ3v) is 3.31. The van der Waals surface area contributed by atoms with E-state index in [1.807, 2.05) is 13.8 Å². The number of hydrogen-bond donors (Lipinski definition) is 1. The van der Waals surface area contributed by atoms with Crippen LogP contribution in [-0.4, -0.2) is 22.1 Å². The minimum absolute atomic E-state index is 0.470. The van der Waals surface area contributed by atoms with Crippen molar-refractivity contribution in [3.8, 4) is 17.1 Å². The molecule has 5 nitrogen and oxygen atoms in total. The molecule has 0 aliphatic rings. The van der Waals surface area contributed by atoms with Crippen molar-refractivity contribution in [2.24, 2.45) is 0 Å². The van der Waals surface area contributed by atoms with E-state index in [0.717, 1.165) is 11.4 Å². The molecule has 0 amide bonds. The van der Waals surface area contributed by atoms with Crippen LogP contribution in [0.2, 0.25) is 5.02 Å². The molecule has 2 rings (SSSR count). The summed E-state index contributed by atoms with van der Waals surface area (Å²) in [6.07, 6.45) is 3.04. The fourth-order valence-corrected chi connectivity index (χ4v) is 2.17. The van der Waals surface area contributed by atoms with Gasteiger partial charge in [-0.25, -0.2) is 15.0 Å². The predicted molar refractivity (Wildman–Crippen MR) is 80.0 cm³/mol. The normalized spacial score (nSPS) is 10.6. The average molecular weight is 293 g/mol. The Morgan fingerprint density at radius 2 is 1.85 bits per heavy atom. The van der Waals surface area contributed by atoms with E-state index in [9.17, 15) is 0 Å². The van der Waals surface area contributed by atoms with Crippen LogP contribution < -0.4 is 10.5 Å². The van der Waals surface area contributed by atoms with Crippen LogP contribution in [0.15, 0.2) is 12.3 Å². The quantitative estimate of drug-likeness (QED) is 0.938. The first kappa shape index (κ1) is 14.5. The number of anilines is 1. The zero-order valence-electron chi connectivity index (χ0n) is 11.8. The van der Waals surface area contributed by atoms with Gasteiger partial charge in [0.2, 0.25) is 0 Å². The van der Waals surface area contributed by atoms with Gasteiger partial charge in [0, 0.05) is 6.07 Å². The maximum atomic E-state index is 6.27. The first-order chi connectivity index (χ1) is 9.60. The summed E-state index contributed by atoms with van der Waals surface area (Å²) in [6.45, 7) is 3.98. The van der Waals surface area contributed by atoms with E-state index >= 15 is 0 Å². The van der Waals surface area contributed by atoms with Gasteiger partial charge in [-0.15, -0.1) is 0 Å². The van der Waals surface area contributed by atoms with Gasteiger partial charge in [0.1, 0.15) is 23.0 Å². The predicted octanol–water partition coefficient (Wildman–Crippen LogP) is 2.91. The number of methoxy groups -OCH3 is 1. The number of nitrogen functional groups attached to an aromatic ring is 1. The Balaban J connectivity index is 2.61. The molecule has 0 saturated carbocycles. The topological polar surface area (TPSA) is 73.9 Å². The van der Waals surface area contributed by atoms with Crippen LogP contribution in [0.25, 0.3) is 11.4 Å². The highest BCUT2D eigenvalue weighted by Crippen LogP contribution is 2.30. The number of nitrogens with two attached hydrogens (primary N) is 1. The van der Waals surface area contributed by atoms with Crippen molar-refractivity contribution in [3.05, 3.63) is 28.7 Å². The molecule has 0 aliphatic heterocycles. The lowest BCUT2D eigenvalue weighted by molar-refractivity contribution is 0.413. The molecule has 6 heteroatoms. The SMILES string of the molecule is CCc1nc(-c2ncc(OC)cc2Cl)c(CC)nc1N. The van der Waals surface area contributed by atoms with Crippen LogP contribution in [0.1, 0.15) is 25.2 Å². The summed E-state index contributed by atoms with van der Waals surface area (Å²) in [4.78, 5) is 13.3. The Morgan fingerprint density at radius 1 is 1.15 bits per heavy atom. The molecule has 0 spiro atoms. The maximum Gasteiger partial charge on any atom is 0.145 e. The van der Waals surface area contributed by atoms with Gasteiger partial charge in [-0.1, -0.05) is 25.4 Å². The Morgan fingerprint density at radius 3 is 2.40 bits per heavy atom. The van der Waals surface area contributed by atoms with Crippen LogP contribution in [0.5, 0.6) is 5.75 Å². The minimum atomic E-state index is 0.470. The third kappa shape index (κ3) is 2.67. The zero-order chi connectivity index (χ0) is 14.7.